The van der Waals surface area contributed by atoms with Crippen LogP contribution in [0.2, 0.25) is 0 Å². The maximum absolute atomic E-state index is 12.7. The van der Waals surface area contributed by atoms with Crippen LogP contribution in [0.3, 0.4) is 0 Å². The summed E-state index contributed by atoms with van der Waals surface area (Å²) in [5, 5.41) is 31.9. The lowest BCUT2D eigenvalue weighted by Crippen LogP contribution is -2.37. The molecule has 13 heterocycles. The predicted octanol–water partition coefficient (Wildman–Crippen LogP) is 10.3. The molecule has 0 spiro atoms. The molecule has 0 radical (unpaired) electrons. The van der Waals surface area contributed by atoms with Crippen LogP contribution in [0.4, 0.5) is 34.5 Å². The SMILES string of the molecule is COCCN1CCC(c2ccc(Nc3nc(-c4cncc(OC)n4)cc4cc[nH]c(=O)c34)cn2)CC1.COc1ncc(-c2cc3cc[nH]c(=O)c3c(Nc3ccc(CCN4CCC(C(=O)O)CC4)cc3)n2)cn1.O=C(O)C1CCN(CCc2ccc(Nc3nc(-c4cncnc4)cc4cc[nH]c(=O)c34)cc2)CC1. The minimum Gasteiger partial charge on any atom is -0.481 e. The molecule has 2 aromatic carbocycles. The first-order chi connectivity index (χ1) is 52.7. The molecule has 0 aliphatic carbocycles. The maximum Gasteiger partial charge on any atom is 0.316 e. The van der Waals surface area contributed by atoms with Gasteiger partial charge in [-0.25, -0.2) is 39.9 Å². The number of H-pyrrole nitrogens is 3. The minimum absolute atomic E-state index is 0.207. The van der Waals surface area contributed by atoms with Crippen LogP contribution in [0.5, 0.6) is 11.9 Å². The molecule has 0 saturated carbocycles. The topological polar surface area (TPSA) is 376 Å². The van der Waals surface area contributed by atoms with Gasteiger partial charge in [0.05, 0.1) is 90.2 Å². The third-order valence-corrected chi connectivity index (χ3v) is 19.7. The number of pyridine rings is 7. The number of nitrogens with one attached hydrogen (secondary N) is 6. The van der Waals surface area contributed by atoms with Gasteiger partial charge in [-0.05, 0) is 191 Å². The number of aromatic amines is 3. The molecule has 108 heavy (non-hydrogen) atoms. The Morgan fingerprint density at radius 2 is 0.907 bits per heavy atom. The van der Waals surface area contributed by atoms with Crippen molar-refractivity contribution in [2.75, 3.05) is 103 Å². The molecule has 29 heteroatoms. The maximum atomic E-state index is 12.7. The quantitative estimate of drug-likeness (QED) is 0.0295. The third-order valence-electron chi connectivity index (χ3n) is 19.7. The van der Waals surface area contributed by atoms with Crippen molar-refractivity contribution < 1.29 is 34.0 Å². The van der Waals surface area contributed by atoms with E-state index in [1.54, 1.807) is 62.9 Å². The van der Waals surface area contributed by atoms with E-state index in [0.717, 1.165) is 136 Å². The molecule has 3 aliphatic heterocycles. The third kappa shape index (κ3) is 18.7. The van der Waals surface area contributed by atoms with Gasteiger partial charge in [0.25, 0.3) is 16.7 Å². The summed E-state index contributed by atoms with van der Waals surface area (Å²) in [4.78, 5) is 119. The highest BCUT2D eigenvalue weighted by molar-refractivity contribution is 5.97. The number of nitrogens with zero attached hydrogens (tertiary/aromatic N) is 13. The number of likely N-dealkylation sites (tertiary alicyclic amines) is 3. The number of aromatic nitrogens is 13. The van der Waals surface area contributed by atoms with Gasteiger partial charge in [0.2, 0.25) is 5.88 Å². The van der Waals surface area contributed by atoms with Crippen molar-refractivity contribution in [3.8, 4) is 45.8 Å². The van der Waals surface area contributed by atoms with Gasteiger partial charge in [-0.1, -0.05) is 24.3 Å². The number of hydrogen-bond donors (Lipinski definition) is 8. The van der Waals surface area contributed by atoms with E-state index in [-0.39, 0.29) is 34.5 Å². The number of hydrogen-bond acceptors (Lipinski definition) is 24. The molecule has 29 nitrogen and oxygen atoms in total. The average molecular weight is 1460 g/mol. The normalized spacial score (nSPS) is 14.7. The van der Waals surface area contributed by atoms with Crippen LogP contribution in [-0.4, -0.2) is 188 Å². The molecular formula is C79H83N19O10. The Kier molecular flexibility index (Phi) is 24.1. The molecule has 0 unspecified atom stereocenters. The second-order valence-electron chi connectivity index (χ2n) is 26.7. The zero-order valence-corrected chi connectivity index (χ0v) is 60.0. The van der Waals surface area contributed by atoms with Crippen LogP contribution in [0.25, 0.3) is 66.2 Å². The van der Waals surface area contributed by atoms with Gasteiger partial charge in [0.1, 0.15) is 29.5 Å². The monoisotopic (exact) mass is 1460 g/mol. The van der Waals surface area contributed by atoms with Crippen molar-refractivity contribution in [1.29, 1.82) is 0 Å². The summed E-state index contributed by atoms with van der Waals surface area (Å²) in [6, 6.07) is 31.5. The fraction of sp³-hybridized carbons (Fsp3) is 0.304. The molecule has 12 aromatic rings. The van der Waals surface area contributed by atoms with Crippen molar-refractivity contribution in [1.82, 2.24) is 79.5 Å². The molecule has 3 aliphatic rings. The molecule has 8 N–H and O–H groups in total. The van der Waals surface area contributed by atoms with Crippen molar-refractivity contribution >= 4 is 78.8 Å². The Morgan fingerprint density at radius 3 is 1.36 bits per heavy atom. The van der Waals surface area contributed by atoms with Crippen LogP contribution >= 0.6 is 0 Å². The number of rotatable bonds is 23. The second-order valence-corrected chi connectivity index (χ2v) is 26.7. The van der Waals surface area contributed by atoms with Crippen LogP contribution in [0.1, 0.15) is 61.3 Å². The molecular weight excluding hydrogens is 1370 g/mol. The van der Waals surface area contributed by atoms with Gasteiger partial charge in [0.15, 0.2) is 0 Å². The number of carboxylic acids is 2. The van der Waals surface area contributed by atoms with Crippen molar-refractivity contribution in [2.24, 2.45) is 11.8 Å². The number of benzene rings is 2. The molecule has 15 rings (SSSR count). The number of carboxylic acid groups (broad SMARTS) is 2. The zero-order valence-electron chi connectivity index (χ0n) is 60.0. The smallest absolute Gasteiger partial charge is 0.316 e. The Bertz CT molecular complexity index is 5250. The molecule has 10 aromatic heterocycles. The van der Waals surface area contributed by atoms with E-state index in [2.05, 4.69) is 106 Å². The van der Waals surface area contributed by atoms with Crippen LogP contribution in [0, 0.1) is 11.8 Å². The molecule has 0 atom stereocenters. The summed E-state index contributed by atoms with van der Waals surface area (Å²) in [6.07, 6.45) is 24.7. The van der Waals surface area contributed by atoms with E-state index in [4.69, 9.17) is 39.3 Å². The summed E-state index contributed by atoms with van der Waals surface area (Å²) in [5.74, 6) is 0.380. The minimum atomic E-state index is -0.685. The molecule has 554 valence electrons. The Balaban J connectivity index is 0.000000143. The number of ether oxygens (including phenoxy) is 3. The summed E-state index contributed by atoms with van der Waals surface area (Å²) >= 11 is 0. The second kappa shape index (κ2) is 35.2. The van der Waals surface area contributed by atoms with Crippen LogP contribution < -0.4 is 42.1 Å². The summed E-state index contributed by atoms with van der Waals surface area (Å²) in [7, 11) is 4.78. The van der Waals surface area contributed by atoms with Crippen LogP contribution in [-0.2, 0) is 27.2 Å². The summed E-state index contributed by atoms with van der Waals surface area (Å²) in [5.41, 5.74) is 9.09. The number of aliphatic carboxylic acids is 2. The van der Waals surface area contributed by atoms with E-state index < -0.39 is 11.9 Å². The van der Waals surface area contributed by atoms with E-state index in [1.807, 2.05) is 66.7 Å². The molecule has 0 bridgehead atoms. The Morgan fingerprint density at radius 1 is 0.463 bits per heavy atom. The van der Waals surface area contributed by atoms with E-state index >= 15 is 0 Å². The standard InChI is InChI=1S/C27H28N6O4.C26H29N7O3.C26H26N6O3/c1-37-27-29-15-20(16-30-27)22-14-19-6-10-28-25(34)23(19)24(32-22)31-21-4-2-17(3-5-21)7-11-33-12-8-18(9-13-33)26(35)36;1-35-12-11-33-9-6-17(7-10-33)20-4-3-19(14-29-20)30-25-24-18(5-8-28-26(24)34)13-21(32-25)22-15-27-16-23(31-22)36-2;33-25-23-19(5-9-29-25)13-22(20-14-27-16-28-15-20)31-24(23)30-21-3-1-17(2-4-21)6-10-32-11-7-18(8-12-32)26(34)35/h2-6,10,14-16,18H,7-9,11-13H2,1H3,(H,28,34)(H,31,32)(H,35,36);3-5,8,13-17H,6-7,9-12H2,1-2H3,(H,28,34)(H,30,32);1-5,9,13-16,18H,6-8,10-12H2,(H,29,33)(H,30,31)(H,34,35). The highest BCUT2D eigenvalue weighted by atomic mass is 16.5. The Hall–Kier alpha value is -12.3. The first kappa shape index (κ1) is 74.0. The first-order valence-electron chi connectivity index (χ1n) is 35.8. The number of carbonyl (C=O) groups is 2. The van der Waals surface area contributed by atoms with Gasteiger partial charge < -0.3 is 70.0 Å². The predicted molar refractivity (Wildman–Crippen MR) is 412 cm³/mol. The van der Waals surface area contributed by atoms with Gasteiger partial charge in [0, 0.05) is 104 Å². The summed E-state index contributed by atoms with van der Waals surface area (Å²) < 4.78 is 15.4. The zero-order chi connectivity index (χ0) is 74.9. The van der Waals surface area contributed by atoms with Crippen molar-refractivity contribution in [3.05, 3.63) is 213 Å². The van der Waals surface area contributed by atoms with Gasteiger partial charge in [-0.2, -0.15) is 0 Å². The Labute approximate surface area is 620 Å². The molecule has 3 fully saturated rings. The highest BCUT2D eigenvalue weighted by Crippen LogP contribution is 2.33. The van der Waals surface area contributed by atoms with Crippen molar-refractivity contribution in [3.63, 3.8) is 0 Å². The van der Waals surface area contributed by atoms with Crippen LogP contribution in [0.15, 0.2) is 180 Å². The average Bonchev–Trinajstić information content (AvgIpc) is 0.790. The van der Waals surface area contributed by atoms with Gasteiger partial charge >= 0.3 is 17.9 Å². The highest BCUT2D eigenvalue weighted by Gasteiger charge is 2.27. The van der Waals surface area contributed by atoms with E-state index in [1.165, 1.54) is 37.9 Å². The lowest BCUT2D eigenvalue weighted by Gasteiger charge is -2.31. The number of piperidine rings is 3. The lowest BCUT2D eigenvalue weighted by atomic mass is 9.93. The fourth-order valence-corrected chi connectivity index (χ4v) is 13.6. The summed E-state index contributed by atoms with van der Waals surface area (Å²) in [6.45, 7) is 8.93. The largest absolute Gasteiger partial charge is 0.481 e. The fourth-order valence-electron chi connectivity index (χ4n) is 13.6. The molecule has 0 amide bonds. The van der Waals surface area contributed by atoms with Gasteiger partial charge in [-0.15, -0.1) is 0 Å². The first-order valence-corrected chi connectivity index (χ1v) is 35.8. The van der Waals surface area contributed by atoms with E-state index in [9.17, 15) is 29.1 Å². The number of fused-ring (bicyclic) bond motifs is 3. The van der Waals surface area contributed by atoms with E-state index in [0.29, 0.717) is 99.4 Å². The molecule has 3 saturated heterocycles. The number of anilines is 6. The van der Waals surface area contributed by atoms with Crippen molar-refractivity contribution in [2.45, 2.75) is 57.3 Å². The lowest BCUT2D eigenvalue weighted by molar-refractivity contribution is -0.144. The van der Waals surface area contributed by atoms with Gasteiger partial charge in [-0.3, -0.25) is 33.9 Å². The number of methoxy groups -OCH3 is 3.